The fourth-order valence-electron chi connectivity index (χ4n) is 3.16. The van der Waals surface area contributed by atoms with E-state index in [1.165, 1.54) is 11.8 Å². The lowest BCUT2D eigenvalue weighted by molar-refractivity contribution is -0.115. The second-order valence-electron chi connectivity index (χ2n) is 7.06. The van der Waals surface area contributed by atoms with Gasteiger partial charge in [-0.15, -0.1) is 11.3 Å². The van der Waals surface area contributed by atoms with Gasteiger partial charge >= 0.3 is 5.97 Å². The molecule has 0 radical (unpaired) electrons. The fourth-order valence-corrected chi connectivity index (χ4v) is 5.02. The summed E-state index contributed by atoms with van der Waals surface area (Å²) in [5, 5.41) is 12.5. The number of carbonyl (C=O) groups is 2. The molecule has 0 saturated heterocycles. The number of H-pyrrole nitrogens is 1. The van der Waals surface area contributed by atoms with Crippen molar-refractivity contribution in [2.24, 2.45) is 0 Å². The number of imidazole rings is 1. The molecule has 0 aliphatic rings. The molecule has 0 fully saturated rings. The number of hydrogen-bond donors (Lipinski definition) is 2. The minimum atomic E-state index is -0.569. The molecule has 9 nitrogen and oxygen atoms in total. The number of aromatic amines is 1. The van der Waals surface area contributed by atoms with Crippen LogP contribution < -0.4 is 5.32 Å². The van der Waals surface area contributed by atoms with Crippen LogP contribution in [0.1, 0.15) is 34.6 Å². The number of aromatic nitrogens is 2. The highest BCUT2D eigenvalue weighted by atomic mass is 32.2. The first-order valence-corrected chi connectivity index (χ1v) is 12.0. The van der Waals surface area contributed by atoms with Gasteiger partial charge in [0.05, 0.1) is 29.9 Å². The summed E-state index contributed by atoms with van der Waals surface area (Å²) in [7, 11) is 0. The molecule has 1 amide bonds. The topological polar surface area (TPSA) is 134 Å². The molecule has 0 aromatic carbocycles. The molecule has 11 heteroatoms. The highest BCUT2D eigenvalue weighted by Crippen LogP contribution is 2.36. The lowest BCUT2D eigenvalue weighted by atomic mass is 10.2. The van der Waals surface area contributed by atoms with Gasteiger partial charge in [-0.2, -0.15) is 5.26 Å². The van der Waals surface area contributed by atoms with Crippen LogP contribution in [0.25, 0.3) is 22.9 Å². The van der Waals surface area contributed by atoms with Gasteiger partial charge in [0.2, 0.25) is 5.91 Å². The second kappa shape index (κ2) is 10.0. The fraction of sp³-hybridized carbons (Fsp3) is 0.217. The van der Waals surface area contributed by atoms with E-state index in [1.807, 2.05) is 0 Å². The number of esters is 1. The summed E-state index contributed by atoms with van der Waals surface area (Å²) < 4.78 is 16.1. The Hall–Kier alpha value is -3.75. The number of amides is 1. The Kier molecular flexibility index (Phi) is 6.90. The maximum Gasteiger partial charge on any atom is 0.348 e. The number of nitrogens with zero attached hydrogens (tertiary/aromatic N) is 2. The first-order valence-electron chi connectivity index (χ1n) is 10.3. The minimum Gasteiger partial charge on any atom is -0.463 e. The lowest BCUT2D eigenvalue weighted by Gasteiger charge is -2.09. The van der Waals surface area contributed by atoms with Crippen LogP contribution in [0.2, 0.25) is 0 Å². The lowest BCUT2D eigenvalue weighted by Crippen LogP contribution is -2.22. The summed E-state index contributed by atoms with van der Waals surface area (Å²) >= 11 is 2.23. The maximum atomic E-state index is 12.9. The van der Waals surface area contributed by atoms with Crippen molar-refractivity contribution in [3.63, 3.8) is 0 Å². The predicted octanol–water partition coefficient (Wildman–Crippen LogP) is 5.47. The van der Waals surface area contributed by atoms with Gasteiger partial charge in [0.25, 0.3) is 0 Å². The molecule has 2 N–H and O–H groups in total. The van der Waals surface area contributed by atoms with Gasteiger partial charge in [0.1, 0.15) is 27.3 Å². The zero-order valence-electron chi connectivity index (χ0n) is 18.5. The smallest absolute Gasteiger partial charge is 0.348 e. The van der Waals surface area contributed by atoms with Crippen LogP contribution >= 0.6 is 23.1 Å². The largest absolute Gasteiger partial charge is 0.463 e. The molecule has 4 aromatic rings. The van der Waals surface area contributed by atoms with Crippen molar-refractivity contribution in [3.05, 3.63) is 52.8 Å². The molecule has 1 atom stereocenters. The molecule has 0 aliphatic carbocycles. The van der Waals surface area contributed by atoms with Crippen molar-refractivity contribution in [1.82, 2.24) is 9.97 Å². The van der Waals surface area contributed by atoms with Crippen LogP contribution in [-0.2, 0) is 9.53 Å². The number of hydrogen-bond acceptors (Lipinski definition) is 9. The minimum absolute atomic E-state index is 0.219. The Balaban J connectivity index is 1.54. The highest BCUT2D eigenvalue weighted by molar-refractivity contribution is 8.00. The van der Waals surface area contributed by atoms with Crippen molar-refractivity contribution in [3.8, 4) is 29.0 Å². The van der Waals surface area contributed by atoms with Gasteiger partial charge in [0.15, 0.2) is 16.7 Å². The molecule has 34 heavy (non-hydrogen) atoms. The van der Waals surface area contributed by atoms with E-state index in [-0.39, 0.29) is 18.1 Å². The Morgan fingerprint density at radius 1 is 1.29 bits per heavy atom. The average Bonchev–Trinajstić information content (AvgIpc) is 3.60. The number of thioether (sulfide) groups is 1. The molecule has 4 aromatic heterocycles. The number of anilines is 1. The molecule has 0 aliphatic heterocycles. The Labute approximate surface area is 203 Å². The van der Waals surface area contributed by atoms with Gasteiger partial charge in [-0.3, -0.25) is 4.79 Å². The molecule has 1 unspecified atom stereocenters. The highest BCUT2D eigenvalue weighted by Gasteiger charge is 2.25. The van der Waals surface area contributed by atoms with E-state index in [4.69, 9.17) is 13.6 Å². The number of thiophene rings is 1. The third-order valence-electron chi connectivity index (χ3n) is 4.82. The molecule has 0 bridgehead atoms. The van der Waals surface area contributed by atoms with Gasteiger partial charge in [-0.05, 0) is 50.6 Å². The third kappa shape index (κ3) is 4.64. The number of rotatable bonds is 8. The predicted molar refractivity (Wildman–Crippen MR) is 128 cm³/mol. The third-order valence-corrected chi connectivity index (χ3v) is 6.99. The molecule has 4 heterocycles. The van der Waals surface area contributed by atoms with E-state index in [1.54, 1.807) is 57.6 Å². The van der Waals surface area contributed by atoms with E-state index in [9.17, 15) is 14.9 Å². The van der Waals surface area contributed by atoms with Crippen LogP contribution in [0.15, 0.2) is 50.8 Å². The van der Waals surface area contributed by atoms with Crippen LogP contribution in [0.4, 0.5) is 5.00 Å². The molecule has 0 spiro atoms. The first-order chi connectivity index (χ1) is 16.4. The number of ether oxygens (including phenoxy) is 1. The molecule has 0 saturated carbocycles. The van der Waals surface area contributed by atoms with Gasteiger partial charge in [0, 0.05) is 0 Å². The Morgan fingerprint density at radius 2 is 2.00 bits per heavy atom. The van der Waals surface area contributed by atoms with Crippen LogP contribution in [0.5, 0.6) is 0 Å². The van der Waals surface area contributed by atoms with E-state index >= 15 is 0 Å². The van der Waals surface area contributed by atoms with E-state index in [0.717, 1.165) is 11.3 Å². The van der Waals surface area contributed by atoms with Gasteiger partial charge < -0.3 is 23.9 Å². The Bertz CT molecular complexity index is 1300. The number of nitriles is 1. The summed E-state index contributed by atoms with van der Waals surface area (Å²) in [5.74, 6) is 0.289. The molecular weight excluding hydrogens is 476 g/mol. The average molecular weight is 497 g/mol. The van der Waals surface area contributed by atoms with Gasteiger partial charge in [-0.1, -0.05) is 11.8 Å². The summed E-state index contributed by atoms with van der Waals surface area (Å²) in [6.45, 7) is 5.30. The van der Waals surface area contributed by atoms with Crippen LogP contribution in [0, 0.1) is 18.3 Å². The van der Waals surface area contributed by atoms with E-state index < -0.39 is 11.2 Å². The Morgan fingerprint density at radius 3 is 2.62 bits per heavy atom. The zero-order chi connectivity index (χ0) is 24.2. The maximum absolute atomic E-state index is 12.9. The first kappa shape index (κ1) is 23.4. The molecule has 4 rings (SSSR count). The van der Waals surface area contributed by atoms with E-state index in [2.05, 4.69) is 21.4 Å². The van der Waals surface area contributed by atoms with Crippen molar-refractivity contribution in [2.45, 2.75) is 31.2 Å². The number of nitrogens with one attached hydrogen (secondary N) is 2. The summed E-state index contributed by atoms with van der Waals surface area (Å²) in [6, 6.07) is 9.18. The second-order valence-corrected chi connectivity index (χ2v) is 9.41. The standard InChI is InChI=1S/C23H20N4O5S2/c1-4-30-22(29)19-12(2)14(11-24)21(34-19)27-20(28)13(3)33-23-25-17(15-7-5-9-31-15)18(26-23)16-8-6-10-32-16/h5-10,13H,4H2,1-3H3,(H,25,26)(H,27,28). The van der Waals surface area contributed by atoms with Crippen LogP contribution in [-0.4, -0.2) is 33.7 Å². The normalized spacial score (nSPS) is 11.7. The quantitative estimate of drug-likeness (QED) is 0.242. The van der Waals surface area contributed by atoms with Crippen molar-refractivity contribution < 1.29 is 23.2 Å². The van der Waals surface area contributed by atoms with Crippen molar-refractivity contribution in [1.29, 1.82) is 5.26 Å². The summed E-state index contributed by atoms with van der Waals surface area (Å²) in [5.41, 5.74) is 1.93. The number of carbonyl (C=O) groups excluding carboxylic acids is 2. The van der Waals surface area contributed by atoms with Crippen LogP contribution in [0.3, 0.4) is 0 Å². The summed E-state index contributed by atoms with van der Waals surface area (Å²) in [6.07, 6.45) is 3.12. The summed E-state index contributed by atoms with van der Waals surface area (Å²) in [4.78, 5) is 33.2. The molecule has 174 valence electrons. The van der Waals surface area contributed by atoms with Crippen molar-refractivity contribution in [2.75, 3.05) is 11.9 Å². The van der Waals surface area contributed by atoms with Gasteiger partial charge in [-0.25, -0.2) is 9.78 Å². The van der Waals surface area contributed by atoms with Crippen molar-refractivity contribution >= 4 is 40.0 Å². The monoisotopic (exact) mass is 496 g/mol. The number of furan rings is 2. The SMILES string of the molecule is CCOC(=O)c1sc(NC(=O)C(C)Sc2nc(-c3ccco3)c(-c3ccco3)[nH]2)c(C#N)c1C. The zero-order valence-corrected chi connectivity index (χ0v) is 20.1. The molecular formula is C23H20N4O5S2. The van der Waals surface area contributed by atoms with E-state index in [0.29, 0.717) is 43.5 Å².